The zero-order valence-corrected chi connectivity index (χ0v) is 11.9. The number of aliphatic hydroxyl groups is 1. The first-order valence-corrected chi connectivity index (χ1v) is 7.10. The van der Waals surface area contributed by atoms with E-state index < -0.39 is 23.9 Å². The Morgan fingerprint density at radius 1 is 1.38 bits per heavy atom. The van der Waals surface area contributed by atoms with Gasteiger partial charge >= 0.3 is 6.18 Å². The first-order chi connectivity index (χ1) is 9.91. The van der Waals surface area contributed by atoms with Gasteiger partial charge in [-0.05, 0) is 18.1 Å². The molecule has 21 heavy (non-hydrogen) atoms. The highest BCUT2D eigenvalue weighted by Crippen LogP contribution is 2.36. The van der Waals surface area contributed by atoms with Crippen molar-refractivity contribution >= 4 is 0 Å². The van der Waals surface area contributed by atoms with E-state index in [1.807, 2.05) is 11.8 Å². The smallest absolute Gasteiger partial charge is 0.392 e. The lowest BCUT2D eigenvalue weighted by molar-refractivity contribution is -0.140. The third-order valence-electron chi connectivity index (χ3n) is 3.70. The summed E-state index contributed by atoms with van der Waals surface area (Å²) >= 11 is 0. The summed E-state index contributed by atoms with van der Waals surface area (Å²) < 4.78 is 44.7. The standard InChI is InChI=1S/C15H20F3NO2/c1-2-11(20)9-19-7-8-21-14(10-19)12-5-3-4-6-13(12)15(16,17)18/h3-6,11,14,20H,2,7-10H2,1H3/t11-,14+/m1/s1. The molecule has 1 aliphatic heterocycles. The molecule has 1 N–H and O–H groups in total. The SMILES string of the molecule is CC[C@@H](O)CN1CCO[C@H](c2ccccc2C(F)(F)F)C1. The van der Waals surface area contributed by atoms with Crippen molar-refractivity contribution in [2.75, 3.05) is 26.2 Å². The van der Waals surface area contributed by atoms with Crippen molar-refractivity contribution in [1.82, 2.24) is 4.90 Å². The van der Waals surface area contributed by atoms with Crippen molar-refractivity contribution in [2.24, 2.45) is 0 Å². The fourth-order valence-corrected chi connectivity index (χ4v) is 2.52. The fraction of sp³-hybridized carbons (Fsp3) is 0.600. The number of β-amino-alcohol motifs (C(OH)–C–C–N with tert-alkyl or cyclic N) is 1. The lowest BCUT2D eigenvalue weighted by Gasteiger charge is -2.35. The summed E-state index contributed by atoms with van der Waals surface area (Å²) in [6, 6.07) is 5.52. The number of benzene rings is 1. The third kappa shape index (κ3) is 4.18. The van der Waals surface area contributed by atoms with Gasteiger partial charge in [0.15, 0.2) is 0 Å². The van der Waals surface area contributed by atoms with Crippen LogP contribution in [-0.4, -0.2) is 42.4 Å². The van der Waals surface area contributed by atoms with Crippen molar-refractivity contribution in [3.63, 3.8) is 0 Å². The van der Waals surface area contributed by atoms with Crippen LogP contribution < -0.4 is 0 Å². The quantitative estimate of drug-likeness (QED) is 0.928. The maximum Gasteiger partial charge on any atom is 0.416 e. The van der Waals surface area contributed by atoms with Crippen LogP contribution in [0, 0.1) is 0 Å². The largest absolute Gasteiger partial charge is 0.416 e. The molecule has 1 aromatic carbocycles. The molecule has 0 radical (unpaired) electrons. The molecule has 1 aliphatic rings. The number of aliphatic hydroxyl groups excluding tert-OH is 1. The molecular formula is C15H20F3NO2. The lowest BCUT2D eigenvalue weighted by Crippen LogP contribution is -2.42. The average molecular weight is 303 g/mol. The molecule has 0 aliphatic carbocycles. The van der Waals surface area contributed by atoms with Gasteiger partial charge in [-0.1, -0.05) is 25.1 Å². The van der Waals surface area contributed by atoms with Gasteiger partial charge in [0.05, 0.1) is 24.4 Å². The van der Waals surface area contributed by atoms with Crippen LogP contribution in [0.5, 0.6) is 0 Å². The van der Waals surface area contributed by atoms with E-state index in [0.717, 1.165) is 6.07 Å². The topological polar surface area (TPSA) is 32.7 Å². The monoisotopic (exact) mass is 303 g/mol. The highest BCUT2D eigenvalue weighted by molar-refractivity contribution is 5.32. The highest BCUT2D eigenvalue weighted by atomic mass is 19.4. The molecule has 6 heteroatoms. The van der Waals surface area contributed by atoms with Gasteiger partial charge in [0, 0.05) is 19.6 Å². The van der Waals surface area contributed by atoms with E-state index >= 15 is 0 Å². The predicted octanol–water partition coefficient (Wildman–Crippen LogP) is 2.85. The molecule has 0 bridgehead atoms. The molecule has 1 saturated heterocycles. The fourth-order valence-electron chi connectivity index (χ4n) is 2.52. The predicted molar refractivity (Wildman–Crippen MR) is 72.9 cm³/mol. The number of ether oxygens (including phenoxy) is 1. The summed E-state index contributed by atoms with van der Waals surface area (Å²) in [5, 5.41) is 9.69. The molecule has 1 heterocycles. The van der Waals surface area contributed by atoms with Gasteiger partial charge in [-0.25, -0.2) is 0 Å². The van der Waals surface area contributed by atoms with Gasteiger partial charge < -0.3 is 9.84 Å². The minimum atomic E-state index is -4.38. The second-order valence-corrected chi connectivity index (χ2v) is 5.27. The Labute approximate surface area is 122 Å². The Morgan fingerprint density at radius 2 is 2.10 bits per heavy atom. The number of alkyl halides is 3. The Balaban J connectivity index is 2.15. The van der Waals surface area contributed by atoms with Crippen LogP contribution in [0.1, 0.15) is 30.6 Å². The van der Waals surface area contributed by atoms with Crippen molar-refractivity contribution in [3.05, 3.63) is 35.4 Å². The van der Waals surface area contributed by atoms with Crippen molar-refractivity contribution in [2.45, 2.75) is 31.7 Å². The number of morpholine rings is 1. The zero-order valence-electron chi connectivity index (χ0n) is 11.9. The maximum absolute atomic E-state index is 13.1. The molecule has 2 atom stereocenters. The van der Waals surface area contributed by atoms with E-state index in [0.29, 0.717) is 32.7 Å². The Hall–Kier alpha value is -1.11. The summed E-state index contributed by atoms with van der Waals surface area (Å²) in [7, 11) is 0. The summed E-state index contributed by atoms with van der Waals surface area (Å²) in [5.41, 5.74) is -0.478. The number of rotatable bonds is 4. The van der Waals surface area contributed by atoms with Crippen molar-refractivity contribution in [3.8, 4) is 0 Å². The van der Waals surface area contributed by atoms with Gasteiger partial charge in [0.1, 0.15) is 0 Å². The second-order valence-electron chi connectivity index (χ2n) is 5.27. The molecule has 2 rings (SSSR count). The minimum Gasteiger partial charge on any atom is -0.392 e. The van der Waals surface area contributed by atoms with Crippen molar-refractivity contribution < 1.29 is 23.0 Å². The van der Waals surface area contributed by atoms with Gasteiger partial charge in [-0.3, -0.25) is 4.90 Å². The van der Waals surface area contributed by atoms with Crippen LogP contribution >= 0.6 is 0 Å². The normalized spacial score (nSPS) is 22.2. The summed E-state index contributed by atoms with van der Waals surface area (Å²) in [5.74, 6) is 0. The van der Waals surface area contributed by atoms with Crippen LogP contribution in [-0.2, 0) is 10.9 Å². The molecular weight excluding hydrogens is 283 g/mol. The first kappa shape index (κ1) is 16.3. The second kappa shape index (κ2) is 6.77. The highest BCUT2D eigenvalue weighted by Gasteiger charge is 2.36. The molecule has 1 fully saturated rings. The zero-order chi connectivity index (χ0) is 15.5. The van der Waals surface area contributed by atoms with Gasteiger partial charge in [0.25, 0.3) is 0 Å². The molecule has 0 amide bonds. The first-order valence-electron chi connectivity index (χ1n) is 7.10. The molecule has 0 spiro atoms. The van der Waals surface area contributed by atoms with Gasteiger partial charge in [0.2, 0.25) is 0 Å². The lowest BCUT2D eigenvalue weighted by atomic mass is 10.0. The van der Waals surface area contributed by atoms with Gasteiger partial charge in [-0.15, -0.1) is 0 Å². The third-order valence-corrected chi connectivity index (χ3v) is 3.70. The van der Waals surface area contributed by atoms with Crippen LogP contribution in [0.3, 0.4) is 0 Å². The Kier molecular flexibility index (Phi) is 5.24. The number of hydrogen-bond donors (Lipinski definition) is 1. The molecule has 118 valence electrons. The Morgan fingerprint density at radius 3 is 2.76 bits per heavy atom. The minimum absolute atomic E-state index is 0.167. The van der Waals surface area contributed by atoms with Crippen LogP contribution in [0.25, 0.3) is 0 Å². The molecule has 0 unspecified atom stereocenters. The summed E-state index contributed by atoms with van der Waals surface area (Å²) in [6.45, 7) is 3.70. The number of nitrogens with zero attached hydrogens (tertiary/aromatic N) is 1. The molecule has 3 nitrogen and oxygen atoms in total. The summed E-state index contributed by atoms with van der Waals surface area (Å²) in [4.78, 5) is 1.95. The van der Waals surface area contributed by atoms with Crippen LogP contribution in [0.2, 0.25) is 0 Å². The van der Waals surface area contributed by atoms with Crippen molar-refractivity contribution in [1.29, 1.82) is 0 Å². The van der Waals surface area contributed by atoms with E-state index in [2.05, 4.69) is 0 Å². The van der Waals surface area contributed by atoms with Gasteiger partial charge in [-0.2, -0.15) is 13.2 Å². The maximum atomic E-state index is 13.1. The molecule has 1 aromatic rings. The molecule has 0 saturated carbocycles. The van der Waals surface area contributed by atoms with E-state index in [1.54, 1.807) is 6.07 Å². The Bertz CT molecular complexity index is 464. The molecule has 0 aromatic heterocycles. The van der Waals surface area contributed by atoms with E-state index in [-0.39, 0.29) is 5.56 Å². The average Bonchev–Trinajstić information content (AvgIpc) is 2.46. The van der Waals surface area contributed by atoms with Crippen LogP contribution in [0.4, 0.5) is 13.2 Å². The number of hydrogen-bond acceptors (Lipinski definition) is 3. The van der Waals surface area contributed by atoms with E-state index in [9.17, 15) is 18.3 Å². The van der Waals surface area contributed by atoms with E-state index in [4.69, 9.17) is 4.74 Å². The van der Waals surface area contributed by atoms with E-state index in [1.165, 1.54) is 12.1 Å². The summed E-state index contributed by atoms with van der Waals surface area (Å²) in [6.07, 6.45) is -4.82. The number of halogens is 3. The van der Waals surface area contributed by atoms with Crippen LogP contribution in [0.15, 0.2) is 24.3 Å².